The summed E-state index contributed by atoms with van der Waals surface area (Å²) in [6.07, 6.45) is 9.68. The Morgan fingerprint density at radius 2 is 1.95 bits per heavy atom. The van der Waals surface area contributed by atoms with Crippen molar-refractivity contribution >= 4 is 0 Å². The highest BCUT2D eigenvalue weighted by Gasteiger charge is 2.31. The number of hydrogen-bond donors (Lipinski definition) is 0. The smallest absolute Gasteiger partial charge is 0.316 e. The molecule has 1 saturated carbocycles. The summed E-state index contributed by atoms with van der Waals surface area (Å²) < 4.78 is 8.32. The van der Waals surface area contributed by atoms with Crippen LogP contribution >= 0.6 is 0 Å². The second-order valence-electron chi connectivity index (χ2n) is 5.94. The molecule has 1 aliphatic carbocycles. The third-order valence-electron chi connectivity index (χ3n) is 4.53. The summed E-state index contributed by atoms with van der Waals surface area (Å²) in [5.74, 6) is 0. The minimum atomic E-state index is 0.0987. The zero-order valence-corrected chi connectivity index (χ0v) is 12.1. The van der Waals surface area contributed by atoms with Gasteiger partial charge >= 0.3 is 6.01 Å². The number of aromatic nitrogens is 3. The molecule has 21 heavy (non-hydrogen) atoms. The molecule has 0 aromatic carbocycles. The third kappa shape index (κ3) is 2.65. The van der Waals surface area contributed by atoms with Crippen LogP contribution in [0.4, 0.5) is 0 Å². The van der Waals surface area contributed by atoms with Gasteiger partial charge < -0.3 is 9.30 Å². The average molecular weight is 284 g/mol. The molecule has 1 unspecified atom stereocenters. The fraction of sp³-hybridized carbons (Fsp3) is 0.500. The molecule has 2 aromatic rings. The van der Waals surface area contributed by atoms with Gasteiger partial charge in [0.25, 0.3) is 0 Å². The Balaban J connectivity index is 1.55. The Bertz CT molecular complexity index is 593. The number of ether oxygens (including phenoxy) is 1. The standard InChI is InChI=1S/C16H20N4O/c1-4-13(5-1)20-10-14-6-2-9-19(14)11-15(12-20)21-16-17-7-3-8-18-16/h2-3,6-9,13,15H,1,4-5,10-12H2. The van der Waals surface area contributed by atoms with E-state index in [0.29, 0.717) is 12.1 Å². The van der Waals surface area contributed by atoms with Crippen molar-refractivity contribution in [2.75, 3.05) is 6.54 Å². The normalized spacial score (nSPS) is 23.1. The molecule has 0 amide bonds. The first-order chi connectivity index (χ1) is 10.4. The summed E-state index contributed by atoms with van der Waals surface area (Å²) in [7, 11) is 0. The van der Waals surface area contributed by atoms with Crippen LogP contribution in [0.1, 0.15) is 25.0 Å². The second kappa shape index (κ2) is 5.48. The lowest BCUT2D eigenvalue weighted by Crippen LogP contribution is -2.44. The fourth-order valence-corrected chi connectivity index (χ4v) is 3.18. The van der Waals surface area contributed by atoms with Crippen LogP contribution in [0.25, 0.3) is 0 Å². The number of fused-ring (bicyclic) bond motifs is 1. The maximum atomic E-state index is 6.03. The lowest BCUT2D eigenvalue weighted by atomic mass is 9.91. The summed E-state index contributed by atoms with van der Waals surface area (Å²) in [4.78, 5) is 10.9. The Hall–Kier alpha value is -1.88. The fourth-order valence-electron chi connectivity index (χ4n) is 3.18. The molecular weight excluding hydrogens is 264 g/mol. The number of nitrogens with zero attached hydrogens (tertiary/aromatic N) is 4. The second-order valence-corrected chi connectivity index (χ2v) is 5.94. The molecular formula is C16H20N4O. The Morgan fingerprint density at radius 3 is 2.71 bits per heavy atom. The van der Waals surface area contributed by atoms with Crippen LogP contribution in [-0.4, -0.2) is 38.1 Å². The van der Waals surface area contributed by atoms with Crippen LogP contribution in [0.2, 0.25) is 0 Å². The molecule has 2 aromatic heterocycles. The Labute approximate surface area is 124 Å². The highest BCUT2D eigenvalue weighted by molar-refractivity contribution is 5.10. The van der Waals surface area contributed by atoms with E-state index in [1.54, 1.807) is 12.4 Å². The number of hydrogen-bond acceptors (Lipinski definition) is 4. The number of rotatable bonds is 3. The van der Waals surface area contributed by atoms with E-state index in [1.165, 1.54) is 25.0 Å². The monoisotopic (exact) mass is 284 g/mol. The topological polar surface area (TPSA) is 43.2 Å². The summed E-state index contributed by atoms with van der Waals surface area (Å²) in [6, 6.07) is 7.34. The molecule has 2 aliphatic rings. The van der Waals surface area contributed by atoms with Crippen molar-refractivity contribution in [1.29, 1.82) is 0 Å². The molecule has 0 bridgehead atoms. The van der Waals surface area contributed by atoms with E-state index in [-0.39, 0.29) is 6.10 Å². The van der Waals surface area contributed by atoms with Crippen LogP contribution in [0.15, 0.2) is 36.8 Å². The molecule has 5 nitrogen and oxygen atoms in total. The largest absolute Gasteiger partial charge is 0.457 e. The van der Waals surface area contributed by atoms with Gasteiger partial charge in [0.15, 0.2) is 0 Å². The third-order valence-corrected chi connectivity index (χ3v) is 4.53. The van der Waals surface area contributed by atoms with Gasteiger partial charge in [-0.1, -0.05) is 6.42 Å². The lowest BCUT2D eigenvalue weighted by Gasteiger charge is -2.37. The average Bonchev–Trinajstić information content (AvgIpc) is 2.78. The molecule has 0 N–H and O–H groups in total. The Morgan fingerprint density at radius 1 is 1.10 bits per heavy atom. The van der Waals surface area contributed by atoms with Gasteiger partial charge in [0.05, 0.1) is 6.54 Å². The Kier molecular flexibility index (Phi) is 3.35. The molecule has 4 rings (SSSR count). The molecule has 5 heteroatoms. The van der Waals surface area contributed by atoms with Gasteiger partial charge in [-0.2, -0.15) is 0 Å². The van der Waals surface area contributed by atoms with Crippen LogP contribution in [-0.2, 0) is 13.1 Å². The van der Waals surface area contributed by atoms with E-state index in [0.717, 1.165) is 19.6 Å². The highest BCUT2D eigenvalue weighted by Crippen LogP contribution is 2.28. The molecule has 0 saturated heterocycles. The van der Waals surface area contributed by atoms with Crippen molar-refractivity contribution < 1.29 is 4.74 Å². The molecule has 1 atom stereocenters. The van der Waals surface area contributed by atoms with Gasteiger partial charge in [0, 0.05) is 43.4 Å². The molecule has 1 aliphatic heterocycles. The van der Waals surface area contributed by atoms with Crippen LogP contribution < -0.4 is 4.74 Å². The van der Waals surface area contributed by atoms with Crippen LogP contribution in [0.5, 0.6) is 6.01 Å². The van der Waals surface area contributed by atoms with E-state index in [9.17, 15) is 0 Å². The molecule has 0 radical (unpaired) electrons. The lowest BCUT2D eigenvalue weighted by molar-refractivity contribution is 0.0636. The molecule has 0 spiro atoms. The van der Waals surface area contributed by atoms with Gasteiger partial charge in [0.2, 0.25) is 0 Å². The first-order valence-corrected chi connectivity index (χ1v) is 7.70. The van der Waals surface area contributed by atoms with Crippen molar-refractivity contribution in [3.05, 3.63) is 42.5 Å². The zero-order chi connectivity index (χ0) is 14.1. The van der Waals surface area contributed by atoms with E-state index < -0.39 is 0 Å². The van der Waals surface area contributed by atoms with Crippen molar-refractivity contribution in [3.63, 3.8) is 0 Å². The minimum Gasteiger partial charge on any atom is -0.457 e. The summed E-state index contributed by atoms with van der Waals surface area (Å²) in [6.45, 7) is 2.83. The van der Waals surface area contributed by atoms with Gasteiger partial charge in [-0.15, -0.1) is 0 Å². The van der Waals surface area contributed by atoms with E-state index in [2.05, 4.69) is 37.8 Å². The molecule has 110 valence electrons. The van der Waals surface area contributed by atoms with Crippen molar-refractivity contribution in [2.45, 2.75) is 44.5 Å². The summed E-state index contributed by atoms with van der Waals surface area (Å²) in [5.41, 5.74) is 1.38. The first kappa shape index (κ1) is 12.8. The van der Waals surface area contributed by atoms with Gasteiger partial charge in [-0.05, 0) is 31.0 Å². The first-order valence-electron chi connectivity index (χ1n) is 7.70. The van der Waals surface area contributed by atoms with Gasteiger partial charge in [0.1, 0.15) is 6.10 Å². The van der Waals surface area contributed by atoms with Crippen molar-refractivity contribution in [1.82, 2.24) is 19.4 Å². The van der Waals surface area contributed by atoms with E-state index in [1.807, 2.05) is 6.07 Å². The quantitative estimate of drug-likeness (QED) is 0.865. The maximum Gasteiger partial charge on any atom is 0.316 e. The van der Waals surface area contributed by atoms with E-state index in [4.69, 9.17) is 4.74 Å². The maximum absolute atomic E-state index is 6.03. The van der Waals surface area contributed by atoms with Gasteiger partial charge in [-0.25, -0.2) is 9.97 Å². The van der Waals surface area contributed by atoms with E-state index >= 15 is 0 Å². The molecule has 3 heterocycles. The van der Waals surface area contributed by atoms with Gasteiger partial charge in [-0.3, -0.25) is 4.90 Å². The SMILES string of the molecule is c1cnc(OC2CN(C3CCC3)Cc3cccn3C2)nc1. The minimum absolute atomic E-state index is 0.0987. The van der Waals surface area contributed by atoms with Crippen LogP contribution in [0, 0.1) is 0 Å². The highest BCUT2D eigenvalue weighted by atomic mass is 16.5. The summed E-state index contributed by atoms with van der Waals surface area (Å²) in [5, 5.41) is 0. The predicted octanol–water partition coefficient (Wildman–Crippen LogP) is 2.09. The molecule has 1 fully saturated rings. The zero-order valence-electron chi connectivity index (χ0n) is 12.1. The van der Waals surface area contributed by atoms with Crippen molar-refractivity contribution in [2.24, 2.45) is 0 Å². The van der Waals surface area contributed by atoms with Crippen molar-refractivity contribution in [3.8, 4) is 6.01 Å². The summed E-state index contributed by atoms with van der Waals surface area (Å²) >= 11 is 0. The predicted molar refractivity (Wildman–Crippen MR) is 78.9 cm³/mol. The van der Waals surface area contributed by atoms with Crippen LogP contribution in [0.3, 0.4) is 0 Å².